The average molecular weight is 465 g/mol. The second-order valence-electron chi connectivity index (χ2n) is 9.89. The van der Waals surface area contributed by atoms with Gasteiger partial charge in [-0.15, -0.1) is 0 Å². The summed E-state index contributed by atoms with van der Waals surface area (Å²) in [5.74, 6) is 0.0206. The van der Waals surface area contributed by atoms with Gasteiger partial charge in [-0.25, -0.2) is 0 Å². The molecule has 5 rings (SSSR count). The van der Waals surface area contributed by atoms with E-state index in [9.17, 15) is 19.8 Å². The Hall–Kier alpha value is -3.06. The van der Waals surface area contributed by atoms with Gasteiger partial charge in [-0.05, 0) is 61.0 Å². The van der Waals surface area contributed by atoms with Gasteiger partial charge in [-0.3, -0.25) is 9.59 Å². The molecule has 1 aliphatic carbocycles. The monoisotopic (exact) mass is 464 g/mol. The lowest BCUT2D eigenvalue weighted by atomic mass is 9.75. The Labute approximate surface area is 199 Å². The number of aliphatic hydroxyl groups is 1. The van der Waals surface area contributed by atoms with Crippen molar-refractivity contribution in [1.82, 2.24) is 10.2 Å². The number of benzene rings is 1. The van der Waals surface area contributed by atoms with Crippen molar-refractivity contribution < 1.29 is 24.5 Å². The van der Waals surface area contributed by atoms with Crippen LogP contribution in [0.2, 0.25) is 0 Å². The third kappa shape index (κ3) is 4.13. The van der Waals surface area contributed by atoms with Gasteiger partial charge in [0.15, 0.2) is 5.88 Å². The number of rotatable bonds is 7. The maximum absolute atomic E-state index is 13.1. The summed E-state index contributed by atoms with van der Waals surface area (Å²) in [6, 6.07) is 10.6. The van der Waals surface area contributed by atoms with E-state index in [0.717, 1.165) is 42.8 Å². The molecule has 3 aliphatic heterocycles. The number of nitrogens with one attached hydrogen (secondary N) is 1. The van der Waals surface area contributed by atoms with Crippen LogP contribution in [0.5, 0.6) is 0 Å². The SMILES string of the molecule is CCC(O)(CC(=O)O)C1=CC(=O)C2=C(C1)CC1CN3C(OCc4ccccc4)=CCCC3C1N2. The molecule has 0 aromatic heterocycles. The number of hydrogen-bond acceptors (Lipinski definition) is 6. The van der Waals surface area contributed by atoms with Crippen molar-refractivity contribution >= 4 is 11.8 Å². The van der Waals surface area contributed by atoms with Crippen molar-refractivity contribution in [1.29, 1.82) is 0 Å². The molecular weight excluding hydrogens is 432 g/mol. The van der Waals surface area contributed by atoms with E-state index in [1.54, 1.807) is 6.92 Å². The van der Waals surface area contributed by atoms with Crippen LogP contribution in [-0.4, -0.2) is 51.1 Å². The number of hydrogen-bond donors (Lipinski definition) is 3. The van der Waals surface area contributed by atoms with Crippen molar-refractivity contribution in [2.45, 2.75) is 69.7 Å². The van der Waals surface area contributed by atoms with E-state index < -0.39 is 18.0 Å². The van der Waals surface area contributed by atoms with Gasteiger partial charge in [0.05, 0.1) is 29.8 Å². The molecule has 0 bridgehead atoms. The number of carboxylic acid groups (broad SMARTS) is 1. The topological polar surface area (TPSA) is 99.1 Å². The van der Waals surface area contributed by atoms with Gasteiger partial charge in [0.25, 0.3) is 0 Å². The summed E-state index contributed by atoms with van der Waals surface area (Å²) in [5.41, 5.74) is 1.78. The molecule has 4 atom stereocenters. The number of carbonyl (C=O) groups excluding carboxylic acids is 1. The Balaban J connectivity index is 1.30. The van der Waals surface area contributed by atoms with Crippen LogP contribution in [0.15, 0.2) is 65.2 Å². The van der Waals surface area contributed by atoms with Crippen LogP contribution in [0.25, 0.3) is 0 Å². The molecule has 1 saturated heterocycles. The van der Waals surface area contributed by atoms with E-state index in [1.807, 2.05) is 18.2 Å². The first-order chi connectivity index (χ1) is 16.4. The van der Waals surface area contributed by atoms with Gasteiger partial charge in [-0.2, -0.15) is 0 Å². The predicted molar refractivity (Wildman–Crippen MR) is 126 cm³/mol. The zero-order valence-electron chi connectivity index (χ0n) is 19.5. The largest absolute Gasteiger partial charge is 0.481 e. The molecular formula is C27H32N2O5. The van der Waals surface area contributed by atoms with Crippen LogP contribution in [0.4, 0.5) is 0 Å². The fraction of sp³-hybridized carbons (Fsp3) is 0.481. The zero-order valence-corrected chi connectivity index (χ0v) is 19.5. The number of aliphatic carboxylic acids is 1. The molecule has 34 heavy (non-hydrogen) atoms. The van der Waals surface area contributed by atoms with Crippen molar-refractivity contribution in [3.05, 3.63) is 70.8 Å². The summed E-state index contributed by atoms with van der Waals surface area (Å²) < 4.78 is 6.22. The van der Waals surface area contributed by atoms with E-state index in [0.29, 0.717) is 30.2 Å². The molecule has 1 aromatic rings. The predicted octanol–water partition coefficient (Wildman–Crippen LogP) is 3.27. The maximum Gasteiger partial charge on any atom is 0.306 e. The normalized spacial score (nSPS) is 27.5. The molecule has 1 fully saturated rings. The molecule has 0 amide bonds. The minimum absolute atomic E-state index is 0.155. The minimum Gasteiger partial charge on any atom is -0.481 e. The van der Waals surface area contributed by atoms with Crippen LogP contribution >= 0.6 is 0 Å². The number of nitrogens with zero attached hydrogens (tertiary/aromatic N) is 1. The van der Waals surface area contributed by atoms with Crippen molar-refractivity contribution in [2.75, 3.05) is 6.54 Å². The smallest absolute Gasteiger partial charge is 0.306 e. The number of allylic oxidation sites excluding steroid dienone is 3. The second-order valence-corrected chi connectivity index (χ2v) is 9.89. The van der Waals surface area contributed by atoms with Gasteiger partial charge in [0.2, 0.25) is 5.78 Å². The van der Waals surface area contributed by atoms with Gasteiger partial charge >= 0.3 is 5.97 Å². The number of carbonyl (C=O) groups is 2. The molecule has 0 saturated carbocycles. The van der Waals surface area contributed by atoms with Crippen molar-refractivity contribution in [3.8, 4) is 0 Å². The highest BCUT2D eigenvalue weighted by molar-refractivity contribution is 6.06. The molecule has 7 heteroatoms. The minimum atomic E-state index is -1.49. The summed E-state index contributed by atoms with van der Waals surface area (Å²) in [7, 11) is 0. The van der Waals surface area contributed by atoms with Crippen molar-refractivity contribution in [2.24, 2.45) is 5.92 Å². The number of ketones is 1. The molecule has 1 aromatic carbocycles. The van der Waals surface area contributed by atoms with E-state index >= 15 is 0 Å². The first-order valence-corrected chi connectivity index (χ1v) is 12.2. The van der Waals surface area contributed by atoms with Crippen LogP contribution in [0, 0.1) is 5.92 Å². The standard InChI is InChI=1S/C27H32N2O5/c1-2-27(33,14-24(31)32)20-12-18-11-19-15-29-21(25(19)28-26(18)22(30)13-20)9-6-10-23(29)34-16-17-7-4-3-5-8-17/h3-5,7-8,10,13,19,21,25,28,33H,2,6,9,11-12,14-16H2,1H3,(H,31,32). The molecule has 4 unspecified atom stereocenters. The molecule has 3 N–H and O–H groups in total. The average Bonchev–Trinajstić information content (AvgIpc) is 3.20. The van der Waals surface area contributed by atoms with Crippen molar-refractivity contribution in [3.63, 3.8) is 0 Å². The van der Waals surface area contributed by atoms with E-state index in [-0.39, 0.29) is 24.3 Å². The fourth-order valence-electron chi connectivity index (χ4n) is 5.99. The molecule has 4 aliphatic rings. The molecule has 0 spiro atoms. The highest BCUT2D eigenvalue weighted by atomic mass is 16.5. The maximum atomic E-state index is 13.1. The van der Waals surface area contributed by atoms with Crippen LogP contribution in [0.3, 0.4) is 0 Å². The lowest BCUT2D eigenvalue weighted by molar-refractivity contribution is -0.141. The van der Waals surface area contributed by atoms with Crippen LogP contribution in [0.1, 0.15) is 51.0 Å². The Morgan fingerprint density at radius 1 is 1.29 bits per heavy atom. The highest BCUT2D eigenvalue weighted by Gasteiger charge is 2.48. The summed E-state index contributed by atoms with van der Waals surface area (Å²) in [4.78, 5) is 26.7. The van der Waals surface area contributed by atoms with E-state index in [4.69, 9.17) is 4.74 Å². The third-order valence-corrected chi connectivity index (χ3v) is 7.80. The Morgan fingerprint density at radius 2 is 2.09 bits per heavy atom. The summed E-state index contributed by atoms with van der Waals surface area (Å²) in [6.45, 7) is 3.13. The second kappa shape index (κ2) is 8.95. The fourth-order valence-corrected chi connectivity index (χ4v) is 5.99. The Morgan fingerprint density at radius 3 is 2.82 bits per heavy atom. The van der Waals surface area contributed by atoms with Crippen LogP contribution < -0.4 is 5.32 Å². The van der Waals surface area contributed by atoms with Gasteiger partial charge in [-0.1, -0.05) is 37.3 Å². The lowest BCUT2D eigenvalue weighted by Gasteiger charge is -2.39. The third-order valence-electron chi connectivity index (χ3n) is 7.80. The molecule has 0 radical (unpaired) electrons. The van der Waals surface area contributed by atoms with Crippen LogP contribution in [-0.2, 0) is 20.9 Å². The lowest BCUT2D eigenvalue weighted by Crippen LogP contribution is -2.49. The number of ether oxygens (including phenoxy) is 1. The zero-order chi connectivity index (χ0) is 23.9. The Bertz CT molecular complexity index is 1080. The van der Waals surface area contributed by atoms with E-state index in [2.05, 4.69) is 28.4 Å². The number of fused-ring (bicyclic) bond motifs is 3. The first-order valence-electron chi connectivity index (χ1n) is 12.2. The summed E-state index contributed by atoms with van der Waals surface area (Å²) in [5, 5.41) is 23.8. The summed E-state index contributed by atoms with van der Waals surface area (Å²) in [6.07, 6.45) is 6.64. The van der Waals surface area contributed by atoms with Gasteiger partial charge in [0, 0.05) is 12.5 Å². The molecule has 7 nitrogen and oxygen atoms in total. The highest BCUT2D eigenvalue weighted by Crippen LogP contribution is 2.44. The number of carboxylic acids is 1. The summed E-state index contributed by atoms with van der Waals surface area (Å²) >= 11 is 0. The molecule has 180 valence electrons. The molecule has 3 heterocycles. The van der Waals surface area contributed by atoms with Gasteiger partial charge in [0.1, 0.15) is 6.61 Å². The van der Waals surface area contributed by atoms with E-state index in [1.165, 1.54) is 6.08 Å². The quantitative estimate of drug-likeness (QED) is 0.570. The Kier molecular flexibility index (Phi) is 5.98. The first kappa shape index (κ1) is 22.7. The van der Waals surface area contributed by atoms with Gasteiger partial charge < -0.3 is 25.2 Å².